The van der Waals surface area contributed by atoms with E-state index in [0.717, 1.165) is 19.5 Å². The molecule has 18 heavy (non-hydrogen) atoms. The van der Waals surface area contributed by atoms with E-state index in [1.807, 2.05) is 13.8 Å². The minimum Gasteiger partial charge on any atom is -0.315 e. The van der Waals surface area contributed by atoms with E-state index < -0.39 is 10.2 Å². The van der Waals surface area contributed by atoms with Gasteiger partial charge in [0.05, 0.1) is 0 Å². The Bertz CT molecular complexity index is 333. The molecule has 0 bridgehead atoms. The topological polar surface area (TPSA) is 52.7 Å². The summed E-state index contributed by atoms with van der Waals surface area (Å²) in [6.45, 7) is 11.4. The normalized spacial score (nSPS) is 19.7. The molecule has 0 aromatic heterocycles. The van der Waals surface area contributed by atoms with E-state index in [0.29, 0.717) is 25.6 Å². The van der Waals surface area contributed by atoms with Crippen molar-refractivity contribution in [2.45, 2.75) is 40.2 Å². The first-order chi connectivity index (χ1) is 8.35. The van der Waals surface area contributed by atoms with E-state index in [9.17, 15) is 8.42 Å². The molecular formula is C12H27N3O2S. The Hall–Kier alpha value is -0.170. The molecule has 0 aromatic rings. The quantitative estimate of drug-likeness (QED) is 0.812. The maximum Gasteiger partial charge on any atom is 0.282 e. The van der Waals surface area contributed by atoms with Gasteiger partial charge >= 0.3 is 0 Å². The number of nitrogens with zero attached hydrogens (tertiary/aromatic N) is 2. The molecule has 0 atom stereocenters. The van der Waals surface area contributed by atoms with Gasteiger partial charge in [0.25, 0.3) is 10.2 Å². The summed E-state index contributed by atoms with van der Waals surface area (Å²) in [6.07, 6.45) is 0.882. The first-order valence-electron chi connectivity index (χ1n) is 6.83. The van der Waals surface area contributed by atoms with Crippen LogP contribution in [0.4, 0.5) is 0 Å². The van der Waals surface area contributed by atoms with Gasteiger partial charge in [0.1, 0.15) is 0 Å². The molecule has 1 fully saturated rings. The van der Waals surface area contributed by atoms with Crippen LogP contribution in [0.2, 0.25) is 0 Å². The fourth-order valence-electron chi connectivity index (χ4n) is 2.13. The van der Waals surface area contributed by atoms with E-state index in [1.54, 1.807) is 8.61 Å². The molecule has 5 nitrogen and oxygen atoms in total. The zero-order valence-electron chi connectivity index (χ0n) is 12.0. The Morgan fingerprint density at radius 1 is 1.17 bits per heavy atom. The lowest BCUT2D eigenvalue weighted by Gasteiger charge is -2.32. The van der Waals surface area contributed by atoms with Gasteiger partial charge in [-0.3, -0.25) is 0 Å². The highest BCUT2D eigenvalue weighted by atomic mass is 32.2. The van der Waals surface area contributed by atoms with Crippen molar-refractivity contribution in [3.63, 3.8) is 0 Å². The SMILES string of the molecule is CC(C)CN(C(C)C)S(=O)(=O)N1CCCNCC1. The summed E-state index contributed by atoms with van der Waals surface area (Å²) < 4.78 is 28.5. The molecule has 1 rings (SSSR count). The van der Waals surface area contributed by atoms with Crippen molar-refractivity contribution in [3.8, 4) is 0 Å². The van der Waals surface area contributed by atoms with Gasteiger partial charge in [-0.1, -0.05) is 13.8 Å². The molecule has 1 N–H and O–H groups in total. The molecule has 0 unspecified atom stereocenters. The maximum atomic E-state index is 12.6. The molecule has 0 radical (unpaired) electrons. The van der Waals surface area contributed by atoms with Gasteiger partial charge in [-0.2, -0.15) is 17.0 Å². The molecule has 1 aliphatic heterocycles. The zero-order valence-corrected chi connectivity index (χ0v) is 12.8. The predicted molar refractivity (Wildman–Crippen MR) is 74.7 cm³/mol. The van der Waals surface area contributed by atoms with Crippen LogP contribution in [0.1, 0.15) is 34.1 Å². The largest absolute Gasteiger partial charge is 0.315 e. The molecule has 108 valence electrons. The molecule has 0 aliphatic carbocycles. The third-order valence-electron chi connectivity index (χ3n) is 3.04. The summed E-state index contributed by atoms with van der Waals surface area (Å²) in [5, 5.41) is 3.23. The number of nitrogens with one attached hydrogen (secondary N) is 1. The fourth-order valence-corrected chi connectivity index (χ4v) is 4.13. The summed E-state index contributed by atoms with van der Waals surface area (Å²) in [5.41, 5.74) is 0. The molecule has 0 aromatic carbocycles. The molecule has 0 amide bonds. The number of hydrogen-bond acceptors (Lipinski definition) is 3. The second-order valence-corrected chi connectivity index (χ2v) is 7.45. The summed E-state index contributed by atoms with van der Waals surface area (Å²) in [5.74, 6) is 0.340. The predicted octanol–water partition coefficient (Wildman–Crippen LogP) is 0.893. The van der Waals surface area contributed by atoms with Crippen LogP contribution in [-0.2, 0) is 10.2 Å². The van der Waals surface area contributed by atoms with E-state index in [1.165, 1.54) is 0 Å². The van der Waals surface area contributed by atoms with Gasteiger partial charge < -0.3 is 5.32 Å². The van der Waals surface area contributed by atoms with Crippen molar-refractivity contribution in [2.24, 2.45) is 5.92 Å². The smallest absolute Gasteiger partial charge is 0.282 e. The number of hydrogen-bond donors (Lipinski definition) is 1. The molecular weight excluding hydrogens is 250 g/mol. The molecule has 1 saturated heterocycles. The fraction of sp³-hybridized carbons (Fsp3) is 1.00. The molecule has 6 heteroatoms. The van der Waals surface area contributed by atoms with Crippen LogP contribution in [0.5, 0.6) is 0 Å². The minimum absolute atomic E-state index is 0.00797. The Kier molecular flexibility index (Phi) is 6.04. The van der Waals surface area contributed by atoms with Crippen molar-refractivity contribution < 1.29 is 8.42 Å². The lowest BCUT2D eigenvalue weighted by molar-refractivity contribution is 0.284. The van der Waals surface area contributed by atoms with E-state index >= 15 is 0 Å². The van der Waals surface area contributed by atoms with Crippen molar-refractivity contribution in [1.82, 2.24) is 13.9 Å². The minimum atomic E-state index is -3.32. The second-order valence-electron chi connectivity index (χ2n) is 5.57. The van der Waals surface area contributed by atoms with Crippen LogP contribution in [0.3, 0.4) is 0 Å². The highest BCUT2D eigenvalue weighted by Gasteiger charge is 2.31. The van der Waals surface area contributed by atoms with Gasteiger partial charge in [0.15, 0.2) is 0 Å². The highest BCUT2D eigenvalue weighted by molar-refractivity contribution is 7.86. The lowest BCUT2D eigenvalue weighted by Crippen LogP contribution is -2.49. The molecule has 1 aliphatic rings. The van der Waals surface area contributed by atoms with Crippen LogP contribution in [0.15, 0.2) is 0 Å². The third kappa shape index (κ3) is 4.19. The Morgan fingerprint density at radius 3 is 2.39 bits per heavy atom. The van der Waals surface area contributed by atoms with Gasteiger partial charge in [-0.25, -0.2) is 0 Å². The summed E-state index contributed by atoms with van der Waals surface area (Å²) in [4.78, 5) is 0. The van der Waals surface area contributed by atoms with Crippen LogP contribution in [0.25, 0.3) is 0 Å². The van der Waals surface area contributed by atoms with Gasteiger partial charge in [0.2, 0.25) is 0 Å². The molecule has 0 spiro atoms. The first-order valence-corrected chi connectivity index (χ1v) is 8.23. The molecule has 1 heterocycles. The van der Waals surface area contributed by atoms with Crippen molar-refractivity contribution >= 4 is 10.2 Å². The Labute approximate surface area is 112 Å². The third-order valence-corrected chi connectivity index (χ3v) is 5.22. The summed E-state index contributed by atoms with van der Waals surface area (Å²) >= 11 is 0. The lowest BCUT2D eigenvalue weighted by atomic mass is 10.2. The monoisotopic (exact) mass is 277 g/mol. The standard InChI is InChI=1S/C12H27N3O2S/c1-11(2)10-15(12(3)4)18(16,17)14-8-5-6-13-7-9-14/h11-13H,5-10H2,1-4H3. The molecule has 0 saturated carbocycles. The van der Waals surface area contributed by atoms with Crippen LogP contribution in [-0.4, -0.2) is 55.8 Å². The van der Waals surface area contributed by atoms with Crippen LogP contribution in [0, 0.1) is 5.92 Å². The zero-order chi connectivity index (χ0) is 13.8. The van der Waals surface area contributed by atoms with E-state index in [4.69, 9.17) is 0 Å². The first kappa shape index (κ1) is 15.9. The maximum absolute atomic E-state index is 12.6. The van der Waals surface area contributed by atoms with Crippen LogP contribution < -0.4 is 5.32 Å². The second kappa shape index (κ2) is 6.84. The highest BCUT2D eigenvalue weighted by Crippen LogP contribution is 2.15. The summed E-state index contributed by atoms with van der Waals surface area (Å²) in [6, 6.07) is 0.00797. The van der Waals surface area contributed by atoms with E-state index in [2.05, 4.69) is 19.2 Å². The van der Waals surface area contributed by atoms with E-state index in [-0.39, 0.29) is 6.04 Å². The van der Waals surface area contributed by atoms with Gasteiger partial charge in [-0.15, -0.1) is 0 Å². The summed E-state index contributed by atoms with van der Waals surface area (Å²) in [7, 11) is -3.32. The van der Waals surface area contributed by atoms with Crippen molar-refractivity contribution in [3.05, 3.63) is 0 Å². The average molecular weight is 277 g/mol. The van der Waals surface area contributed by atoms with Crippen molar-refractivity contribution in [2.75, 3.05) is 32.7 Å². The van der Waals surface area contributed by atoms with Gasteiger partial charge in [0, 0.05) is 32.2 Å². The Morgan fingerprint density at radius 2 is 1.83 bits per heavy atom. The van der Waals surface area contributed by atoms with Crippen LogP contribution >= 0.6 is 0 Å². The average Bonchev–Trinajstić information content (AvgIpc) is 2.53. The Balaban J connectivity index is 2.85. The van der Waals surface area contributed by atoms with Crippen molar-refractivity contribution in [1.29, 1.82) is 0 Å². The van der Waals surface area contributed by atoms with Gasteiger partial charge in [-0.05, 0) is 32.7 Å². The number of rotatable bonds is 5.